The predicted octanol–water partition coefficient (Wildman–Crippen LogP) is 3.23. The molecule has 22 heavy (non-hydrogen) atoms. The van der Waals surface area contributed by atoms with Gasteiger partial charge in [0.25, 0.3) is 10.0 Å². The molecule has 1 aromatic carbocycles. The molecule has 6 nitrogen and oxygen atoms in total. The fraction of sp³-hybridized carbons (Fsp3) is 0.0909. The van der Waals surface area contributed by atoms with Crippen molar-refractivity contribution < 1.29 is 16.8 Å². The van der Waals surface area contributed by atoms with E-state index in [0.29, 0.717) is 0 Å². The van der Waals surface area contributed by atoms with E-state index in [0.717, 1.165) is 17.6 Å². The summed E-state index contributed by atoms with van der Waals surface area (Å²) in [6, 6.07) is 7.21. The Bertz CT molecular complexity index is 907. The first-order chi connectivity index (χ1) is 10.1. The molecule has 120 valence electrons. The number of anilines is 2. The van der Waals surface area contributed by atoms with E-state index in [2.05, 4.69) is 9.44 Å². The number of sulfonamides is 2. The number of rotatable bonds is 5. The van der Waals surface area contributed by atoms with Gasteiger partial charge in [0, 0.05) is 0 Å². The molecule has 0 amide bonds. The second-order valence-electron chi connectivity index (χ2n) is 4.21. The summed E-state index contributed by atoms with van der Waals surface area (Å²) in [6.45, 7) is 0. The predicted molar refractivity (Wildman–Crippen MR) is 90.1 cm³/mol. The lowest BCUT2D eigenvalue weighted by molar-refractivity contribution is 0.600. The molecule has 1 heterocycles. The molecular formula is C11H10Cl2N2O4S3. The number of benzene rings is 1. The fourth-order valence-corrected chi connectivity index (χ4v) is 5.38. The normalized spacial score (nSPS) is 12.1. The van der Waals surface area contributed by atoms with Gasteiger partial charge in [-0.15, -0.1) is 11.3 Å². The highest BCUT2D eigenvalue weighted by atomic mass is 35.5. The molecule has 0 aliphatic heterocycles. The molecule has 0 fully saturated rings. The maximum Gasteiger partial charge on any atom is 0.264 e. The summed E-state index contributed by atoms with van der Waals surface area (Å²) in [5.74, 6) is 0. The average molecular weight is 401 g/mol. The van der Waals surface area contributed by atoms with Crippen molar-refractivity contribution in [2.24, 2.45) is 0 Å². The van der Waals surface area contributed by atoms with Gasteiger partial charge in [-0.3, -0.25) is 9.44 Å². The van der Waals surface area contributed by atoms with Gasteiger partial charge in [-0.1, -0.05) is 35.3 Å². The van der Waals surface area contributed by atoms with Crippen LogP contribution in [-0.4, -0.2) is 23.1 Å². The van der Waals surface area contributed by atoms with Crippen LogP contribution in [0, 0.1) is 0 Å². The summed E-state index contributed by atoms with van der Waals surface area (Å²) in [7, 11) is -7.55. The van der Waals surface area contributed by atoms with E-state index in [1.54, 1.807) is 12.1 Å². The zero-order valence-corrected chi connectivity index (χ0v) is 15.0. The van der Waals surface area contributed by atoms with Crippen molar-refractivity contribution in [2.45, 2.75) is 4.90 Å². The van der Waals surface area contributed by atoms with Crippen molar-refractivity contribution >= 4 is 66.0 Å². The molecule has 2 N–H and O–H groups in total. The Morgan fingerprint density at radius 3 is 2.00 bits per heavy atom. The molecule has 1 aromatic heterocycles. The first kappa shape index (κ1) is 17.4. The number of nitrogens with one attached hydrogen (secondary N) is 2. The molecule has 0 aliphatic carbocycles. The number of hydrogen-bond donors (Lipinski definition) is 2. The van der Waals surface area contributed by atoms with Gasteiger partial charge in [-0.2, -0.15) is 0 Å². The van der Waals surface area contributed by atoms with Gasteiger partial charge in [0.05, 0.1) is 22.0 Å². The van der Waals surface area contributed by atoms with Crippen LogP contribution in [0.25, 0.3) is 0 Å². The molecule has 2 rings (SSSR count). The molecule has 0 atom stereocenters. The molecule has 0 saturated heterocycles. The van der Waals surface area contributed by atoms with Gasteiger partial charge < -0.3 is 0 Å². The quantitative estimate of drug-likeness (QED) is 0.805. The topological polar surface area (TPSA) is 92.3 Å². The van der Waals surface area contributed by atoms with Gasteiger partial charge in [0.15, 0.2) is 0 Å². The minimum Gasteiger partial charge on any atom is -0.282 e. The number of thiophene rings is 1. The maximum absolute atomic E-state index is 12.3. The summed E-state index contributed by atoms with van der Waals surface area (Å²) in [5.41, 5.74) is 0.178. The highest BCUT2D eigenvalue weighted by Crippen LogP contribution is 2.35. The lowest BCUT2D eigenvalue weighted by Gasteiger charge is -2.12. The Morgan fingerprint density at radius 2 is 1.55 bits per heavy atom. The van der Waals surface area contributed by atoms with Gasteiger partial charge in [-0.05, 0) is 18.2 Å². The van der Waals surface area contributed by atoms with Crippen molar-refractivity contribution in [1.29, 1.82) is 0 Å². The molecule has 2 aromatic rings. The minimum atomic E-state index is -3.99. The Hall–Kier alpha value is -1.00. The van der Waals surface area contributed by atoms with Crippen molar-refractivity contribution in [3.63, 3.8) is 0 Å². The standard InChI is InChI=1S/C11H10Cl2N2O4S3/c1-21(16,17)14-7-4-2-3-5-8(7)15-22(18,19)9-6-10(12)20-11(9)13/h2-6,14-15H,1H3. The van der Waals surface area contributed by atoms with Gasteiger partial charge in [0.2, 0.25) is 10.0 Å². The first-order valence-corrected chi connectivity index (χ1v) is 10.6. The van der Waals surface area contributed by atoms with E-state index in [9.17, 15) is 16.8 Å². The van der Waals surface area contributed by atoms with E-state index in [1.165, 1.54) is 18.2 Å². The Morgan fingerprint density at radius 1 is 1.00 bits per heavy atom. The van der Waals surface area contributed by atoms with E-state index < -0.39 is 20.0 Å². The minimum absolute atomic E-state index is 0.0195. The molecule has 0 aliphatic rings. The van der Waals surface area contributed by atoms with E-state index in [4.69, 9.17) is 23.2 Å². The smallest absolute Gasteiger partial charge is 0.264 e. The van der Waals surface area contributed by atoms with Gasteiger partial charge >= 0.3 is 0 Å². The summed E-state index contributed by atoms with van der Waals surface area (Å²) < 4.78 is 52.1. The molecule has 0 saturated carbocycles. The Balaban J connectivity index is 2.41. The van der Waals surface area contributed by atoms with Crippen molar-refractivity contribution in [1.82, 2.24) is 0 Å². The third-order valence-electron chi connectivity index (χ3n) is 2.38. The first-order valence-electron chi connectivity index (χ1n) is 5.63. The summed E-state index contributed by atoms with van der Waals surface area (Å²) >= 11 is 12.5. The molecule has 0 spiro atoms. The lowest BCUT2D eigenvalue weighted by atomic mass is 10.3. The maximum atomic E-state index is 12.3. The highest BCUT2D eigenvalue weighted by molar-refractivity contribution is 7.93. The SMILES string of the molecule is CS(=O)(=O)Nc1ccccc1NS(=O)(=O)c1cc(Cl)sc1Cl. The van der Waals surface area contributed by atoms with Gasteiger partial charge in [-0.25, -0.2) is 16.8 Å². The average Bonchev–Trinajstić information content (AvgIpc) is 2.70. The third-order valence-corrected chi connectivity index (χ3v) is 6.09. The van der Waals surface area contributed by atoms with Crippen LogP contribution in [-0.2, 0) is 20.0 Å². The zero-order chi connectivity index (χ0) is 16.5. The van der Waals surface area contributed by atoms with Crippen molar-refractivity contribution in [3.8, 4) is 0 Å². The Kier molecular flexibility index (Phi) is 4.93. The second kappa shape index (κ2) is 6.25. The molecule has 0 radical (unpaired) electrons. The van der Waals surface area contributed by atoms with Gasteiger partial charge in [0.1, 0.15) is 9.23 Å². The van der Waals surface area contributed by atoms with E-state index >= 15 is 0 Å². The van der Waals surface area contributed by atoms with Crippen LogP contribution in [0.5, 0.6) is 0 Å². The Labute approximate surface area is 142 Å². The third kappa shape index (κ3) is 4.26. The molecule has 0 bridgehead atoms. The number of hydrogen-bond acceptors (Lipinski definition) is 5. The van der Waals surface area contributed by atoms with Crippen LogP contribution in [0.3, 0.4) is 0 Å². The number of halogens is 2. The summed E-state index contributed by atoms with van der Waals surface area (Å²) in [5, 5.41) is 0. The van der Waals surface area contributed by atoms with Crippen molar-refractivity contribution in [3.05, 3.63) is 39.0 Å². The number of para-hydroxylation sites is 2. The van der Waals surface area contributed by atoms with Crippen LogP contribution in [0.2, 0.25) is 8.67 Å². The van der Waals surface area contributed by atoms with Crippen molar-refractivity contribution in [2.75, 3.05) is 15.7 Å². The van der Waals surface area contributed by atoms with Crippen LogP contribution < -0.4 is 9.44 Å². The largest absolute Gasteiger partial charge is 0.282 e. The van der Waals surface area contributed by atoms with Crippen LogP contribution in [0.15, 0.2) is 35.2 Å². The van der Waals surface area contributed by atoms with Crippen LogP contribution in [0.4, 0.5) is 11.4 Å². The second-order valence-corrected chi connectivity index (χ2v) is 9.90. The van der Waals surface area contributed by atoms with E-state index in [-0.39, 0.29) is 24.9 Å². The summed E-state index contributed by atoms with van der Waals surface area (Å²) in [6.07, 6.45) is 0.966. The van der Waals surface area contributed by atoms with Crippen LogP contribution in [0.1, 0.15) is 0 Å². The summed E-state index contributed by atoms with van der Waals surface area (Å²) in [4.78, 5) is -0.168. The fourth-order valence-electron chi connectivity index (χ4n) is 1.57. The molecular weight excluding hydrogens is 391 g/mol. The molecule has 0 unspecified atom stereocenters. The lowest BCUT2D eigenvalue weighted by Crippen LogP contribution is -2.16. The molecule has 11 heteroatoms. The highest BCUT2D eigenvalue weighted by Gasteiger charge is 2.22. The zero-order valence-electron chi connectivity index (χ0n) is 11.0. The van der Waals surface area contributed by atoms with Crippen LogP contribution >= 0.6 is 34.5 Å². The van der Waals surface area contributed by atoms with E-state index in [1.807, 2.05) is 0 Å². The monoisotopic (exact) mass is 400 g/mol.